The highest BCUT2D eigenvalue weighted by Gasteiger charge is 2.32. The molecule has 0 radical (unpaired) electrons. The summed E-state index contributed by atoms with van der Waals surface area (Å²) in [6.07, 6.45) is -4.32. The Kier molecular flexibility index (Phi) is 5.87. The van der Waals surface area contributed by atoms with Gasteiger partial charge in [0, 0.05) is 19.1 Å². The van der Waals surface area contributed by atoms with Crippen LogP contribution in [0.25, 0.3) is 0 Å². The number of alkyl halides is 3. The Hall–Kier alpha value is -1.76. The lowest BCUT2D eigenvalue weighted by molar-refractivity contribution is -0.154. The van der Waals surface area contributed by atoms with Gasteiger partial charge in [-0.2, -0.15) is 13.2 Å². The average Bonchev–Trinajstić information content (AvgIpc) is 2.45. The molecule has 0 aromatic heterocycles. The van der Waals surface area contributed by atoms with Crippen LogP contribution in [0.2, 0.25) is 0 Å². The molecule has 1 atom stereocenters. The number of halogens is 3. The third-order valence-corrected chi connectivity index (χ3v) is 3.77. The molecule has 4 nitrogen and oxygen atoms in total. The molecule has 128 valence electrons. The van der Waals surface area contributed by atoms with Crippen molar-refractivity contribution in [3.63, 3.8) is 0 Å². The quantitative estimate of drug-likeness (QED) is 0.903. The van der Waals surface area contributed by atoms with Gasteiger partial charge in [-0.3, -0.25) is 9.69 Å². The Morgan fingerprint density at radius 2 is 2.22 bits per heavy atom. The first-order chi connectivity index (χ1) is 10.9. The fourth-order valence-electron chi connectivity index (χ4n) is 2.81. The summed E-state index contributed by atoms with van der Waals surface area (Å²) in [7, 11) is 1.60. The normalized spacial score (nSPS) is 19.4. The van der Waals surface area contributed by atoms with Gasteiger partial charge in [0.2, 0.25) is 5.91 Å². The molecule has 1 aliphatic rings. The zero-order valence-electron chi connectivity index (χ0n) is 13.0. The summed E-state index contributed by atoms with van der Waals surface area (Å²) in [4.78, 5) is 13.5. The summed E-state index contributed by atoms with van der Waals surface area (Å²) >= 11 is 0. The number of nitrogens with one attached hydrogen (secondary N) is 1. The molecular formula is C16H21F3N2O2. The van der Waals surface area contributed by atoms with Crippen molar-refractivity contribution in [3.05, 3.63) is 29.8 Å². The summed E-state index contributed by atoms with van der Waals surface area (Å²) in [6.45, 7) is 2.10. The Bertz CT molecular complexity index is 534. The second-order valence-corrected chi connectivity index (χ2v) is 5.79. The third kappa shape index (κ3) is 6.09. The SMILES string of the molecule is COc1cccc(CN2CCC[C@@H](NC(=O)CC(F)(F)F)C2)c1. The van der Waals surface area contributed by atoms with E-state index < -0.39 is 18.5 Å². The number of benzene rings is 1. The van der Waals surface area contributed by atoms with Gasteiger partial charge in [-0.25, -0.2) is 0 Å². The van der Waals surface area contributed by atoms with E-state index in [1.165, 1.54) is 0 Å². The van der Waals surface area contributed by atoms with Crippen molar-refractivity contribution in [1.82, 2.24) is 10.2 Å². The summed E-state index contributed by atoms with van der Waals surface area (Å²) in [5, 5.41) is 2.49. The Morgan fingerprint density at radius 3 is 2.91 bits per heavy atom. The van der Waals surface area contributed by atoms with Crippen LogP contribution < -0.4 is 10.1 Å². The van der Waals surface area contributed by atoms with Gasteiger partial charge < -0.3 is 10.1 Å². The number of amides is 1. The maximum Gasteiger partial charge on any atom is 0.397 e. The Labute approximate surface area is 133 Å². The van der Waals surface area contributed by atoms with Crippen LogP contribution in [-0.4, -0.2) is 43.2 Å². The van der Waals surface area contributed by atoms with Crippen LogP contribution in [0.5, 0.6) is 5.75 Å². The van der Waals surface area contributed by atoms with E-state index in [1.54, 1.807) is 7.11 Å². The number of carbonyl (C=O) groups excluding carboxylic acids is 1. The predicted octanol–water partition coefficient (Wildman–Crippen LogP) is 2.73. The van der Waals surface area contributed by atoms with Crippen molar-refractivity contribution < 1.29 is 22.7 Å². The number of ether oxygens (including phenoxy) is 1. The van der Waals surface area contributed by atoms with Crippen LogP contribution in [0.4, 0.5) is 13.2 Å². The van der Waals surface area contributed by atoms with Crippen LogP contribution >= 0.6 is 0 Å². The van der Waals surface area contributed by atoms with Gasteiger partial charge in [0.25, 0.3) is 0 Å². The maximum absolute atomic E-state index is 12.2. The number of nitrogens with zero attached hydrogens (tertiary/aromatic N) is 1. The average molecular weight is 330 g/mol. The standard InChI is InChI=1S/C16H21F3N2O2/c1-23-14-6-2-4-12(8-14)10-21-7-3-5-13(11-21)20-15(22)9-16(17,18)19/h2,4,6,8,13H,3,5,7,9-11H2,1H3,(H,20,22)/t13-/m1/s1. The van der Waals surface area contributed by atoms with Crippen molar-refractivity contribution >= 4 is 5.91 Å². The first-order valence-corrected chi connectivity index (χ1v) is 7.57. The highest BCUT2D eigenvalue weighted by Crippen LogP contribution is 2.20. The van der Waals surface area contributed by atoms with E-state index in [9.17, 15) is 18.0 Å². The molecule has 1 saturated heterocycles. The summed E-state index contributed by atoms with van der Waals surface area (Å²) in [5.74, 6) is -0.180. The molecular weight excluding hydrogens is 309 g/mol. The van der Waals surface area contributed by atoms with E-state index in [4.69, 9.17) is 4.74 Å². The minimum Gasteiger partial charge on any atom is -0.497 e. The fraction of sp³-hybridized carbons (Fsp3) is 0.562. The zero-order valence-corrected chi connectivity index (χ0v) is 13.0. The third-order valence-electron chi connectivity index (χ3n) is 3.77. The topological polar surface area (TPSA) is 41.6 Å². The highest BCUT2D eigenvalue weighted by atomic mass is 19.4. The lowest BCUT2D eigenvalue weighted by Gasteiger charge is -2.33. The molecule has 1 aliphatic heterocycles. The number of hydrogen-bond donors (Lipinski definition) is 1. The van der Waals surface area contributed by atoms with Gasteiger partial charge in [0.15, 0.2) is 0 Å². The fourth-order valence-corrected chi connectivity index (χ4v) is 2.81. The van der Waals surface area contributed by atoms with E-state index in [0.717, 1.165) is 24.3 Å². The number of methoxy groups -OCH3 is 1. The van der Waals surface area contributed by atoms with Crippen molar-refractivity contribution in [3.8, 4) is 5.75 Å². The highest BCUT2D eigenvalue weighted by molar-refractivity contribution is 5.76. The van der Waals surface area contributed by atoms with Gasteiger partial charge in [-0.1, -0.05) is 12.1 Å². The van der Waals surface area contributed by atoms with Gasteiger partial charge in [-0.15, -0.1) is 0 Å². The summed E-state index contributed by atoms with van der Waals surface area (Å²) in [6, 6.07) is 7.45. The molecule has 1 fully saturated rings. The van der Waals surface area contributed by atoms with Crippen LogP contribution in [0, 0.1) is 0 Å². The molecule has 23 heavy (non-hydrogen) atoms. The van der Waals surface area contributed by atoms with Gasteiger partial charge in [-0.05, 0) is 37.1 Å². The van der Waals surface area contributed by atoms with Crippen molar-refractivity contribution in [2.45, 2.75) is 38.0 Å². The monoisotopic (exact) mass is 330 g/mol. The summed E-state index contributed by atoms with van der Waals surface area (Å²) in [5.41, 5.74) is 1.08. The number of piperidine rings is 1. The van der Waals surface area contributed by atoms with E-state index in [2.05, 4.69) is 10.2 Å². The molecule has 0 spiro atoms. The molecule has 0 bridgehead atoms. The number of likely N-dealkylation sites (tertiary alicyclic amines) is 1. The van der Waals surface area contributed by atoms with Crippen molar-refractivity contribution in [2.75, 3.05) is 20.2 Å². The first-order valence-electron chi connectivity index (χ1n) is 7.57. The van der Waals surface area contributed by atoms with Gasteiger partial charge in [0.05, 0.1) is 7.11 Å². The second kappa shape index (κ2) is 7.68. The zero-order chi connectivity index (χ0) is 16.9. The smallest absolute Gasteiger partial charge is 0.397 e. The van der Waals surface area contributed by atoms with E-state index in [0.29, 0.717) is 19.5 Å². The Balaban J connectivity index is 1.86. The number of carbonyl (C=O) groups is 1. The minimum absolute atomic E-state index is 0.232. The Morgan fingerprint density at radius 1 is 1.43 bits per heavy atom. The van der Waals surface area contributed by atoms with Crippen LogP contribution in [0.3, 0.4) is 0 Å². The molecule has 2 rings (SSSR count). The van der Waals surface area contributed by atoms with Crippen LogP contribution in [0.15, 0.2) is 24.3 Å². The molecule has 0 unspecified atom stereocenters. The molecule has 0 aliphatic carbocycles. The molecule has 1 amide bonds. The largest absolute Gasteiger partial charge is 0.497 e. The lowest BCUT2D eigenvalue weighted by atomic mass is 10.0. The molecule has 1 aromatic carbocycles. The maximum atomic E-state index is 12.2. The van der Waals surface area contributed by atoms with Gasteiger partial charge >= 0.3 is 6.18 Å². The van der Waals surface area contributed by atoms with E-state index >= 15 is 0 Å². The second-order valence-electron chi connectivity index (χ2n) is 5.79. The van der Waals surface area contributed by atoms with E-state index in [1.807, 2.05) is 24.3 Å². The predicted molar refractivity (Wildman–Crippen MR) is 80.1 cm³/mol. The molecule has 1 heterocycles. The van der Waals surface area contributed by atoms with Crippen LogP contribution in [0.1, 0.15) is 24.8 Å². The molecule has 0 saturated carbocycles. The van der Waals surface area contributed by atoms with Crippen molar-refractivity contribution in [1.29, 1.82) is 0 Å². The van der Waals surface area contributed by atoms with E-state index in [-0.39, 0.29) is 6.04 Å². The van der Waals surface area contributed by atoms with Crippen LogP contribution in [-0.2, 0) is 11.3 Å². The van der Waals surface area contributed by atoms with Gasteiger partial charge in [0.1, 0.15) is 12.2 Å². The molecule has 1 N–H and O–H groups in total. The minimum atomic E-state index is -4.46. The summed E-state index contributed by atoms with van der Waals surface area (Å²) < 4.78 is 41.8. The lowest BCUT2D eigenvalue weighted by Crippen LogP contribution is -2.48. The first kappa shape index (κ1) is 17.6. The van der Waals surface area contributed by atoms with Crippen molar-refractivity contribution in [2.24, 2.45) is 0 Å². The molecule has 1 aromatic rings. The number of hydrogen-bond acceptors (Lipinski definition) is 3. The molecule has 7 heteroatoms. The number of rotatable bonds is 5.